The van der Waals surface area contributed by atoms with Gasteiger partial charge in [0.1, 0.15) is 11.9 Å². The second kappa shape index (κ2) is 6.16. The van der Waals surface area contributed by atoms with Crippen LogP contribution < -0.4 is 0 Å². The molecule has 1 amide bonds. The van der Waals surface area contributed by atoms with Gasteiger partial charge >= 0.3 is 0 Å². The largest absolute Gasteiger partial charge is 0.348 e. The highest BCUT2D eigenvalue weighted by Crippen LogP contribution is 2.34. The first-order valence-corrected chi connectivity index (χ1v) is 9.25. The molecule has 0 fully saturated rings. The van der Waals surface area contributed by atoms with Gasteiger partial charge in [-0.3, -0.25) is 4.79 Å². The van der Waals surface area contributed by atoms with Crippen LogP contribution in [0.15, 0.2) is 30.7 Å². The molecule has 0 aliphatic carbocycles. The molecule has 0 aromatic carbocycles. The number of nitrogens with one attached hydrogen (secondary N) is 1. The number of halogens is 1. The number of aryl methyl sites for hydroxylation is 2. The monoisotopic (exact) mass is 396 g/mol. The van der Waals surface area contributed by atoms with Gasteiger partial charge in [-0.25, -0.2) is 19.2 Å². The first-order valence-electron chi connectivity index (χ1n) is 8.87. The predicted molar refractivity (Wildman–Crippen MR) is 101 cm³/mol. The number of amides is 1. The molecule has 10 heteroatoms. The summed E-state index contributed by atoms with van der Waals surface area (Å²) in [4.78, 5) is 27.0. The third-order valence-corrected chi connectivity index (χ3v) is 5.31. The van der Waals surface area contributed by atoms with Crippen molar-refractivity contribution in [3.63, 3.8) is 0 Å². The molecule has 5 heterocycles. The molecule has 4 aromatic rings. The van der Waals surface area contributed by atoms with Crippen molar-refractivity contribution in [3.8, 4) is 0 Å². The fourth-order valence-corrected chi connectivity index (χ4v) is 3.97. The molecule has 1 atom stereocenters. The Labute approximate surface area is 165 Å². The summed E-state index contributed by atoms with van der Waals surface area (Å²) in [5, 5.41) is 9.47. The van der Waals surface area contributed by atoms with Crippen LogP contribution >= 0.6 is 11.6 Å². The van der Waals surface area contributed by atoms with Crippen LogP contribution in [0.1, 0.15) is 39.6 Å². The van der Waals surface area contributed by atoms with E-state index >= 15 is 0 Å². The summed E-state index contributed by atoms with van der Waals surface area (Å²) < 4.78 is 3.23. The third kappa shape index (κ3) is 2.50. The van der Waals surface area contributed by atoms with E-state index in [-0.39, 0.29) is 5.91 Å². The highest BCUT2D eigenvalue weighted by atomic mass is 35.5. The summed E-state index contributed by atoms with van der Waals surface area (Å²) in [5.74, 6) is 0.646. The number of fused-ring (bicyclic) bond motifs is 2. The van der Waals surface area contributed by atoms with Crippen molar-refractivity contribution in [2.24, 2.45) is 7.05 Å². The molecular formula is C18H17ClN8O. The van der Waals surface area contributed by atoms with Gasteiger partial charge < -0.3 is 9.88 Å². The first-order chi connectivity index (χ1) is 13.5. The zero-order valence-corrected chi connectivity index (χ0v) is 16.1. The van der Waals surface area contributed by atoms with Gasteiger partial charge in [0.2, 0.25) is 5.82 Å². The number of hydrogen-bond donors (Lipinski definition) is 1. The lowest BCUT2D eigenvalue weighted by Gasteiger charge is -2.33. The Balaban J connectivity index is 1.65. The Kier molecular flexibility index (Phi) is 3.73. The maximum absolute atomic E-state index is 13.3. The maximum Gasteiger partial charge on any atom is 0.292 e. The van der Waals surface area contributed by atoms with Crippen LogP contribution in [-0.4, -0.2) is 51.7 Å². The second-order valence-electron chi connectivity index (χ2n) is 6.78. The Hall–Kier alpha value is -3.20. The minimum Gasteiger partial charge on any atom is -0.348 e. The number of pyridine rings is 1. The fourth-order valence-electron chi connectivity index (χ4n) is 3.76. The molecule has 5 rings (SSSR count). The van der Waals surface area contributed by atoms with Crippen LogP contribution in [0.3, 0.4) is 0 Å². The van der Waals surface area contributed by atoms with Gasteiger partial charge in [0.15, 0.2) is 0 Å². The van der Waals surface area contributed by atoms with Crippen molar-refractivity contribution in [1.29, 1.82) is 0 Å². The number of aromatic nitrogens is 7. The highest BCUT2D eigenvalue weighted by Gasteiger charge is 2.37. The molecule has 0 bridgehead atoms. The lowest BCUT2D eigenvalue weighted by Crippen LogP contribution is -2.42. The number of hydrogen-bond acceptors (Lipinski definition) is 5. The number of H-pyrrole nitrogens is 1. The van der Waals surface area contributed by atoms with Gasteiger partial charge in [0.25, 0.3) is 5.91 Å². The molecular weight excluding hydrogens is 380 g/mol. The van der Waals surface area contributed by atoms with Gasteiger partial charge in [-0.1, -0.05) is 11.6 Å². The Morgan fingerprint density at radius 3 is 2.96 bits per heavy atom. The summed E-state index contributed by atoms with van der Waals surface area (Å²) in [6.07, 6.45) is 4.17. The zero-order valence-electron chi connectivity index (χ0n) is 15.3. The maximum atomic E-state index is 13.3. The van der Waals surface area contributed by atoms with Crippen LogP contribution in [0.25, 0.3) is 5.52 Å². The zero-order chi connectivity index (χ0) is 19.4. The Bertz CT molecular complexity index is 1210. The van der Waals surface area contributed by atoms with E-state index < -0.39 is 6.04 Å². The number of carbonyl (C=O) groups is 1. The quantitative estimate of drug-likeness (QED) is 0.558. The van der Waals surface area contributed by atoms with E-state index in [1.54, 1.807) is 29.7 Å². The third-order valence-electron chi connectivity index (χ3n) is 5.00. The number of nitrogens with zero attached hydrogens (tertiary/aromatic N) is 7. The van der Waals surface area contributed by atoms with Crippen molar-refractivity contribution in [3.05, 3.63) is 64.5 Å². The molecule has 1 aliphatic heterocycles. The summed E-state index contributed by atoms with van der Waals surface area (Å²) in [7, 11) is 1.72. The van der Waals surface area contributed by atoms with Crippen molar-refractivity contribution < 1.29 is 4.79 Å². The van der Waals surface area contributed by atoms with Crippen LogP contribution in [0.4, 0.5) is 0 Å². The normalized spacial score (nSPS) is 16.5. The van der Waals surface area contributed by atoms with Gasteiger partial charge in [-0.15, -0.1) is 0 Å². The standard InChI is InChI=1S/C18H17ClN8O/c1-10-22-17(25(2)23-10)18(28)26-7-5-12-15(21-9-20-12)16(26)13-8-14-11(19)4-3-6-27(14)24-13/h3-4,6,8-9,16H,5,7H2,1-2H3,(H,20,21). The molecule has 0 saturated carbocycles. The Morgan fingerprint density at radius 2 is 2.21 bits per heavy atom. The van der Waals surface area contributed by atoms with E-state index in [4.69, 9.17) is 11.6 Å². The van der Waals surface area contributed by atoms with Gasteiger partial charge in [-0.2, -0.15) is 10.2 Å². The molecule has 142 valence electrons. The van der Waals surface area contributed by atoms with Crippen molar-refractivity contribution in [2.45, 2.75) is 19.4 Å². The molecule has 0 spiro atoms. The lowest BCUT2D eigenvalue weighted by atomic mass is 9.99. The van der Waals surface area contributed by atoms with E-state index in [9.17, 15) is 4.79 Å². The lowest BCUT2D eigenvalue weighted by molar-refractivity contribution is 0.0669. The average Bonchev–Trinajstić information content (AvgIpc) is 3.38. The molecule has 1 unspecified atom stereocenters. The average molecular weight is 397 g/mol. The van der Waals surface area contributed by atoms with Crippen LogP contribution in [0.5, 0.6) is 0 Å². The Morgan fingerprint density at radius 1 is 1.36 bits per heavy atom. The molecule has 0 radical (unpaired) electrons. The second-order valence-corrected chi connectivity index (χ2v) is 7.19. The molecule has 1 N–H and O–H groups in total. The molecule has 0 saturated heterocycles. The summed E-state index contributed by atoms with van der Waals surface area (Å²) in [5.41, 5.74) is 3.28. The minimum atomic E-state index is -0.435. The fraction of sp³-hybridized carbons (Fsp3) is 0.278. The predicted octanol–water partition coefficient (Wildman–Crippen LogP) is 1.94. The molecule has 4 aromatic heterocycles. The topological polar surface area (TPSA) is 97.0 Å². The molecule has 9 nitrogen and oxygen atoms in total. The van der Waals surface area contributed by atoms with Gasteiger partial charge in [-0.05, 0) is 25.1 Å². The summed E-state index contributed by atoms with van der Waals surface area (Å²) in [6.45, 7) is 2.28. The van der Waals surface area contributed by atoms with Crippen molar-refractivity contribution in [2.75, 3.05) is 6.54 Å². The van der Waals surface area contributed by atoms with Crippen LogP contribution in [-0.2, 0) is 13.5 Å². The highest BCUT2D eigenvalue weighted by molar-refractivity contribution is 6.33. The van der Waals surface area contributed by atoms with Crippen molar-refractivity contribution in [1.82, 2.24) is 39.2 Å². The SMILES string of the molecule is Cc1nc(C(=O)N2CCc3[nH]cnc3C2c2cc3c(Cl)cccn3n2)n(C)n1. The van der Waals surface area contributed by atoms with Crippen molar-refractivity contribution >= 4 is 23.0 Å². The molecule has 28 heavy (non-hydrogen) atoms. The van der Waals surface area contributed by atoms with E-state index in [2.05, 4.69) is 25.1 Å². The van der Waals surface area contributed by atoms with Crippen LogP contribution in [0.2, 0.25) is 5.02 Å². The van der Waals surface area contributed by atoms with Gasteiger partial charge in [0.05, 0.1) is 28.3 Å². The van der Waals surface area contributed by atoms with E-state index in [1.165, 1.54) is 4.68 Å². The number of rotatable bonds is 2. The minimum absolute atomic E-state index is 0.204. The first kappa shape index (κ1) is 16.9. The van der Waals surface area contributed by atoms with E-state index in [0.29, 0.717) is 35.3 Å². The number of aromatic amines is 1. The number of carbonyl (C=O) groups excluding carboxylic acids is 1. The summed E-state index contributed by atoms with van der Waals surface area (Å²) >= 11 is 6.32. The summed E-state index contributed by atoms with van der Waals surface area (Å²) in [6, 6.07) is 5.11. The molecule has 1 aliphatic rings. The van der Waals surface area contributed by atoms with E-state index in [1.807, 2.05) is 24.4 Å². The van der Waals surface area contributed by atoms with E-state index in [0.717, 1.165) is 16.9 Å². The smallest absolute Gasteiger partial charge is 0.292 e. The van der Waals surface area contributed by atoms with Gasteiger partial charge in [0, 0.05) is 31.9 Å². The number of imidazole rings is 1. The van der Waals surface area contributed by atoms with Crippen LogP contribution in [0, 0.1) is 6.92 Å².